The van der Waals surface area contributed by atoms with Crippen molar-refractivity contribution >= 4 is 29.2 Å². The van der Waals surface area contributed by atoms with Gasteiger partial charge in [-0.15, -0.1) is 0 Å². The van der Waals surface area contributed by atoms with Crippen molar-refractivity contribution in [2.45, 2.75) is 46.3 Å². The Labute approximate surface area is 197 Å². The number of anilines is 2. The van der Waals surface area contributed by atoms with Gasteiger partial charge in [0, 0.05) is 41.6 Å². The van der Waals surface area contributed by atoms with E-state index >= 15 is 0 Å². The number of fused-ring (bicyclic) bond motifs is 1. The molecule has 2 aromatic heterocycles. The second-order valence-electron chi connectivity index (χ2n) is 8.91. The van der Waals surface area contributed by atoms with Gasteiger partial charge in [0.05, 0.1) is 17.8 Å². The first-order valence-electron chi connectivity index (χ1n) is 10.6. The van der Waals surface area contributed by atoms with Gasteiger partial charge < -0.3 is 15.0 Å². The van der Waals surface area contributed by atoms with E-state index in [4.69, 9.17) is 16.3 Å². The minimum atomic E-state index is -0.600. The molecule has 1 aliphatic heterocycles. The summed E-state index contributed by atoms with van der Waals surface area (Å²) in [7, 11) is 0. The van der Waals surface area contributed by atoms with Crippen LogP contribution in [0.25, 0.3) is 11.4 Å². The fraction of sp³-hybridized carbons (Fsp3) is 0.333. The molecule has 0 radical (unpaired) electrons. The van der Waals surface area contributed by atoms with Crippen LogP contribution < -0.4 is 5.32 Å². The van der Waals surface area contributed by atoms with Crippen LogP contribution in [-0.4, -0.2) is 38.1 Å². The minimum Gasteiger partial charge on any atom is -0.444 e. The number of halogens is 2. The van der Waals surface area contributed by atoms with Crippen molar-refractivity contribution in [1.82, 2.24) is 19.9 Å². The Morgan fingerprint density at radius 1 is 1.24 bits per heavy atom. The Bertz CT molecular complexity index is 1210. The molecule has 0 aliphatic carbocycles. The monoisotopic (exact) mass is 469 g/mol. The molecule has 4 rings (SSSR count). The molecular formula is C24H25ClFN5O2. The van der Waals surface area contributed by atoms with E-state index in [0.29, 0.717) is 23.8 Å². The first-order valence-corrected chi connectivity index (χ1v) is 11.0. The highest BCUT2D eigenvalue weighted by Crippen LogP contribution is 2.32. The van der Waals surface area contributed by atoms with Crippen molar-refractivity contribution in [3.05, 3.63) is 64.3 Å². The maximum absolute atomic E-state index is 14.6. The molecule has 1 aromatic carbocycles. The molecule has 0 spiro atoms. The molecule has 9 heteroatoms. The third kappa shape index (κ3) is 5.22. The number of rotatable bonds is 3. The fourth-order valence-electron chi connectivity index (χ4n) is 3.53. The number of carbonyl (C=O) groups excluding carboxylic acids is 1. The Kier molecular flexibility index (Phi) is 6.21. The zero-order valence-corrected chi connectivity index (χ0v) is 19.7. The van der Waals surface area contributed by atoms with E-state index in [1.54, 1.807) is 17.3 Å². The summed E-state index contributed by atoms with van der Waals surface area (Å²) in [5.41, 5.74) is 2.84. The molecule has 0 saturated heterocycles. The standard InChI is InChI=1S/C24H25ClFN5O2/c1-14-12-27-9-7-19(14)28-22-17-13-31(23(32)33-24(2,3)4)10-8-20(17)29-21(30-22)16-11-15(25)5-6-18(16)26/h5-7,9,11-12H,8,10,13H2,1-4H3,(H,27,28,29,30). The van der Waals surface area contributed by atoms with Crippen molar-refractivity contribution in [2.75, 3.05) is 11.9 Å². The SMILES string of the molecule is Cc1cnccc1Nc1nc(-c2cc(Cl)ccc2F)nc2c1CN(C(=O)OC(C)(C)C)CC2. The molecule has 0 atom stereocenters. The van der Waals surface area contributed by atoms with E-state index in [1.165, 1.54) is 18.2 Å². The Morgan fingerprint density at radius 3 is 2.76 bits per heavy atom. The number of ether oxygens (including phenoxy) is 1. The fourth-order valence-corrected chi connectivity index (χ4v) is 3.70. The number of hydrogen-bond acceptors (Lipinski definition) is 6. The molecule has 3 heterocycles. The normalized spacial score (nSPS) is 13.5. The van der Waals surface area contributed by atoms with Crippen molar-refractivity contribution in [3.8, 4) is 11.4 Å². The number of nitrogens with zero attached hydrogens (tertiary/aromatic N) is 4. The van der Waals surface area contributed by atoms with Gasteiger partial charge in [-0.1, -0.05) is 11.6 Å². The highest BCUT2D eigenvalue weighted by Gasteiger charge is 2.29. The number of hydrogen-bond donors (Lipinski definition) is 1. The van der Waals surface area contributed by atoms with Gasteiger partial charge in [0.15, 0.2) is 5.82 Å². The maximum Gasteiger partial charge on any atom is 0.410 e. The lowest BCUT2D eigenvalue weighted by Crippen LogP contribution is -2.40. The third-order valence-electron chi connectivity index (χ3n) is 5.15. The van der Waals surface area contributed by atoms with Crippen LogP contribution >= 0.6 is 11.6 Å². The van der Waals surface area contributed by atoms with Crippen LogP contribution in [0.2, 0.25) is 5.02 Å². The largest absolute Gasteiger partial charge is 0.444 e. The van der Waals surface area contributed by atoms with Crippen molar-refractivity contribution in [1.29, 1.82) is 0 Å². The zero-order chi connectivity index (χ0) is 23.8. The van der Waals surface area contributed by atoms with Crippen molar-refractivity contribution < 1.29 is 13.9 Å². The highest BCUT2D eigenvalue weighted by atomic mass is 35.5. The van der Waals surface area contributed by atoms with E-state index in [9.17, 15) is 9.18 Å². The predicted molar refractivity (Wildman–Crippen MR) is 125 cm³/mol. The second-order valence-corrected chi connectivity index (χ2v) is 9.35. The van der Waals surface area contributed by atoms with Gasteiger partial charge in [-0.25, -0.2) is 19.2 Å². The van der Waals surface area contributed by atoms with Gasteiger partial charge in [0.25, 0.3) is 0 Å². The molecular weight excluding hydrogens is 445 g/mol. The van der Waals surface area contributed by atoms with Gasteiger partial charge in [-0.2, -0.15) is 0 Å². The molecule has 3 aromatic rings. The maximum atomic E-state index is 14.6. The van der Waals surface area contributed by atoms with Crippen LogP contribution in [0.4, 0.5) is 20.7 Å². The van der Waals surface area contributed by atoms with E-state index in [1.807, 2.05) is 33.8 Å². The minimum absolute atomic E-state index is 0.217. The molecule has 1 aliphatic rings. The van der Waals surface area contributed by atoms with Gasteiger partial charge >= 0.3 is 6.09 Å². The van der Waals surface area contributed by atoms with Gasteiger partial charge in [-0.3, -0.25) is 4.98 Å². The van der Waals surface area contributed by atoms with Gasteiger partial charge in [-0.05, 0) is 57.5 Å². The van der Waals surface area contributed by atoms with Crippen molar-refractivity contribution in [3.63, 3.8) is 0 Å². The number of amides is 1. The lowest BCUT2D eigenvalue weighted by molar-refractivity contribution is 0.0223. The molecule has 172 valence electrons. The Balaban J connectivity index is 1.77. The smallest absolute Gasteiger partial charge is 0.410 e. The van der Waals surface area contributed by atoms with E-state index in [-0.39, 0.29) is 17.9 Å². The quantitative estimate of drug-likeness (QED) is 0.531. The summed E-state index contributed by atoms with van der Waals surface area (Å²) >= 11 is 6.10. The predicted octanol–water partition coefficient (Wildman–Crippen LogP) is 5.68. The number of carbonyl (C=O) groups is 1. The first kappa shape index (κ1) is 22.9. The summed E-state index contributed by atoms with van der Waals surface area (Å²) in [6.45, 7) is 8.12. The molecule has 33 heavy (non-hydrogen) atoms. The average molecular weight is 470 g/mol. The molecule has 1 N–H and O–H groups in total. The number of aryl methyl sites for hydroxylation is 1. The number of nitrogens with one attached hydrogen (secondary N) is 1. The summed E-state index contributed by atoms with van der Waals surface area (Å²) in [6.07, 6.45) is 3.49. The van der Waals surface area contributed by atoms with Crippen LogP contribution in [0.3, 0.4) is 0 Å². The lowest BCUT2D eigenvalue weighted by atomic mass is 10.0. The molecule has 0 bridgehead atoms. The van der Waals surface area contributed by atoms with Crippen molar-refractivity contribution in [2.24, 2.45) is 0 Å². The molecule has 1 amide bonds. The van der Waals surface area contributed by atoms with Crippen LogP contribution in [0.1, 0.15) is 37.6 Å². The summed E-state index contributed by atoms with van der Waals surface area (Å²) in [5.74, 6) is 0.266. The number of pyridine rings is 1. The second kappa shape index (κ2) is 8.94. The topological polar surface area (TPSA) is 80.2 Å². The lowest BCUT2D eigenvalue weighted by Gasteiger charge is -2.31. The highest BCUT2D eigenvalue weighted by molar-refractivity contribution is 6.30. The zero-order valence-electron chi connectivity index (χ0n) is 18.9. The van der Waals surface area contributed by atoms with Gasteiger partial charge in [0.1, 0.15) is 17.2 Å². The Morgan fingerprint density at radius 2 is 2.03 bits per heavy atom. The number of aromatic nitrogens is 3. The van der Waals surface area contributed by atoms with Crippen LogP contribution in [0.15, 0.2) is 36.7 Å². The molecule has 7 nitrogen and oxygen atoms in total. The summed E-state index contributed by atoms with van der Waals surface area (Å²) in [5, 5.41) is 3.72. The molecule has 0 fully saturated rings. The first-order chi connectivity index (χ1) is 15.6. The molecule has 0 saturated carbocycles. The average Bonchev–Trinajstić information content (AvgIpc) is 2.75. The Hall–Kier alpha value is -3.26. The third-order valence-corrected chi connectivity index (χ3v) is 5.39. The van der Waals surface area contributed by atoms with Crippen LogP contribution in [0, 0.1) is 12.7 Å². The van der Waals surface area contributed by atoms with E-state index < -0.39 is 17.5 Å². The van der Waals surface area contributed by atoms with E-state index in [2.05, 4.69) is 20.3 Å². The van der Waals surface area contributed by atoms with Gasteiger partial charge in [0.2, 0.25) is 0 Å². The summed E-state index contributed by atoms with van der Waals surface area (Å²) < 4.78 is 20.1. The van der Waals surface area contributed by atoms with Crippen LogP contribution in [0.5, 0.6) is 0 Å². The van der Waals surface area contributed by atoms with Crippen LogP contribution in [-0.2, 0) is 17.7 Å². The summed E-state index contributed by atoms with van der Waals surface area (Å²) in [6, 6.07) is 6.12. The van der Waals surface area contributed by atoms with E-state index in [0.717, 1.165) is 22.5 Å². The number of benzene rings is 1. The molecule has 0 unspecified atom stereocenters. The summed E-state index contributed by atoms with van der Waals surface area (Å²) in [4.78, 5) is 27.7.